The van der Waals surface area contributed by atoms with Gasteiger partial charge in [0.1, 0.15) is 8.07 Å². The molecular weight excluding hydrogens is 280 g/mol. The second-order valence-electron chi connectivity index (χ2n) is 5.50. The maximum absolute atomic E-state index is 11.3. The first-order valence-corrected chi connectivity index (χ1v) is 10.5. The minimum Gasteiger partial charge on any atom is -0.480 e. The number of carbonyl (C=O) groups excluding carboxylic acids is 1. The monoisotopic (exact) mass is 302 g/mol. The molecule has 1 aromatic carbocycles. The summed E-state index contributed by atoms with van der Waals surface area (Å²) in [6.45, 7) is 8.64. The fraction of sp³-hybridized carbons (Fsp3) is 0.353. The third-order valence-corrected chi connectivity index (χ3v) is 3.28. The van der Waals surface area contributed by atoms with Crippen LogP contribution in [0, 0.1) is 11.5 Å². The standard InChI is InChI=1S/C17H22O3Si/c1-5-19-17(18)11-13-20-16(12-14-21(2,3)4)15-9-7-6-8-10-15/h6-11,13,16H,5H2,1-4H3/b13-11+. The quantitative estimate of drug-likeness (QED) is 0.273. The van der Waals surface area contributed by atoms with Crippen LogP contribution in [0.15, 0.2) is 42.7 Å². The van der Waals surface area contributed by atoms with E-state index >= 15 is 0 Å². The average Bonchev–Trinajstić information content (AvgIpc) is 2.43. The molecule has 0 saturated carbocycles. The molecule has 0 aromatic heterocycles. The SMILES string of the molecule is CCOC(=O)/C=C/OC(C#C[Si](C)(C)C)c1ccccc1. The molecule has 1 aromatic rings. The van der Waals surface area contributed by atoms with Crippen molar-refractivity contribution in [3.8, 4) is 11.5 Å². The van der Waals surface area contributed by atoms with Crippen LogP contribution in [0.1, 0.15) is 18.6 Å². The second-order valence-corrected chi connectivity index (χ2v) is 10.3. The Hall–Kier alpha value is -1.99. The van der Waals surface area contributed by atoms with E-state index in [4.69, 9.17) is 9.47 Å². The van der Waals surface area contributed by atoms with Crippen molar-refractivity contribution < 1.29 is 14.3 Å². The molecule has 0 fully saturated rings. The molecule has 0 aliphatic carbocycles. The largest absolute Gasteiger partial charge is 0.480 e. The van der Waals surface area contributed by atoms with Gasteiger partial charge in [-0.05, 0) is 6.92 Å². The van der Waals surface area contributed by atoms with Gasteiger partial charge < -0.3 is 9.47 Å². The summed E-state index contributed by atoms with van der Waals surface area (Å²) in [6, 6.07) is 9.75. The molecular formula is C17H22O3Si. The fourth-order valence-electron chi connectivity index (χ4n) is 1.47. The van der Waals surface area contributed by atoms with Gasteiger partial charge in [-0.25, -0.2) is 4.79 Å². The Bertz CT molecular complexity index is 533. The van der Waals surface area contributed by atoms with Crippen LogP contribution >= 0.6 is 0 Å². The van der Waals surface area contributed by atoms with E-state index in [1.54, 1.807) is 6.92 Å². The molecule has 0 bridgehead atoms. The minimum atomic E-state index is -1.48. The highest BCUT2D eigenvalue weighted by Gasteiger charge is 2.11. The predicted molar refractivity (Wildman–Crippen MR) is 87.2 cm³/mol. The minimum absolute atomic E-state index is 0.348. The molecule has 0 N–H and O–H groups in total. The molecule has 0 heterocycles. The number of esters is 1. The maximum Gasteiger partial charge on any atom is 0.333 e. The topological polar surface area (TPSA) is 35.5 Å². The Balaban J connectivity index is 2.83. The number of hydrogen-bond donors (Lipinski definition) is 0. The molecule has 0 radical (unpaired) electrons. The molecule has 112 valence electrons. The molecule has 0 saturated heterocycles. The summed E-state index contributed by atoms with van der Waals surface area (Å²) in [5.74, 6) is 2.75. The summed E-state index contributed by atoms with van der Waals surface area (Å²) >= 11 is 0. The summed E-state index contributed by atoms with van der Waals surface area (Å²) < 4.78 is 10.4. The van der Waals surface area contributed by atoms with Crippen molar-refractivity contribution in [3.63, 3.8) is 0 Å². The second kappa shape index (κ2) is 8.33. The van der Waals surface area contributed by atoms with Gasteiger partial charge in [0.05, 0.1) is 18.9 Å². The summed E-state index contributed by atoms with van der Waals surface area (Å²) in [5.41, 5.74) is 4.27. The van der Waals surface area contributed by atoms with Gasteiger partial charge in [-0.3, -0.25) is 0 Å². The molecule has 21 heavy (non-hydrogen) atoms. The van der Waals surface area contributed by atoms with E-state index < -0.39 is 14.0 Å². The average molecular weight is 302 g/mol. The van der Waals surface area contributed by atoms with Crippen molar-refractivity contribution >= 4 is 14.0 Å². The van der Waals surface area contributed by atoms with E-state index in [0.29, 0.717) is 6.61 Å². The molecule has 4 heteroatoms. The highest BCUT2D eigenvalue weighted by molar-refractivity contribution is 6.83. The molecule has 1 atom stereocenters. The summed E-state index contributed by atoms with van der Waals surface area (Å²) in [6.07, 6.45) is 2.26. The van der Waals surface area contributed by atoms with Crippen LogP contribution in [-0.4, -0.2) is 20.7 Å². The van der Waals surface area contributed by atoms with Gasteiger partial charge in [-0.15, -0.1) is 5.54 Å². The van der Waals surface area contributed by atoms with Gasteiger partial charge in [-0.1, -0.05) is 55.9 Å². The first kappa shape index (κ1) is 17.1. The van der Waals surface area contributed by atoms with Crippen LogP contribution in [0.25, 0.3) is 0 Å². The molecule has 1 unspecified atom stereocenters. The third kappa shape index (κ3) is 7.38. The first-order chi connectivity index (χ1) is 9.92. The van der Waals surface area contributed by atoms with E-state index in [2.05, 4.69) is 31.1 Å². The maximum atomic E-state index is 11.3. The molecule has 0 spiro atoms. The zero-order chi connectivity index (χ0) is 15.7. The van der Waals surface area contributed by atoms with Gasteiger partial charge in [0.15, 0.2) is 6.10 Å². The van der Waals surface area contributed by atoms with Crippen LogP contribution in [0.4, 0.5) is 0 Å². The van der Waals surface area contributed by atoms with Crippen molar-refractivity contribution in [1.82, 2.24) is 0 Å². The third-order valence-electron chi connectivity index (χ3n) is 2.39. The Morgan fingerprint density at radius 1 is 1.29 bits per heavy atom. The molecule has 3 nitrogen and oxygen atoms in total. The fourth-order valence-corrected chi connectivity index (χ4v) is 2.03. The number of benzene rings is 1. The zero-order valence-electron chi connectivity index (χ0n) is 13.1. The molecule has 0 amide bonds. The Morgan fingerprint density at radius 2 is 1.95 bits per heavy atom. The van der Waals surface area contributed by atoms with E-state index in [9.17, 15) is 4.79 Å². The Kier molecular flexibility index (Phi) is 6.77. The van der Waals surface area contributed by atoms with Crippen LogP contribution in [0.5, 0.6) is 0 Å². The molecule has 1 rings (SSSR count). The van der Waals surface area contributed by atoms with Crippen LogP contribution < -0.4 is 0 Å². The van der Waals surface area contributed by atoms with Crippen molar-refractivity contribution in [1.29, 1.82) is 0 Å². The van der Waals surface area contributed by atoms with Gasteiger partial charge in [0, 0.05) is 5.56 Å². The van der Waals surface area contributed by atoms with Crippen molar-refractivity contribution in [3.05, 3.63) is 48.2 Å². The first-order valence-electron chi connectivity index (χ1n) is 6.99. The van der Waals surface area contributed by atoms with E-state index in [-0.39, 0.29) is 6.10 Å². The molecule has 0 aliphatic heterocycles. The van der Waals surface area contributed by atoms with Gasteiger partial charge in [-0.2, -0.15) is 0 Å². The van der Waals surface area contributed by atoms with Crippen LogP contribution in [-0.2, 0) is 14.3 Å². The summed E-state index contributed by atoms with van der Waals surface area (Å²) in [4.78, 5) is 11.3. The van der Waals surface area contributed by atoms with Crippen LogP contribution in [0.3, 0.4) is 0 Å². The van der Waals surface area contributed by atoms with E-state index in [1.165, 1.54) is 12.3 Å². The lowest BCUT2D eigenvalue weighted by Gasteiger charge is -2.12. The van der Waals surface area contributed by atoms with Crippen molar-refractivity contribution in [2.75, 3.05) is 6.61 Å². The van der Waals surface area contributed by atoms with Crippen molar-refractivity contribution in [2.24, 2.45) is 0 Å². The lowest BCUT2D eigenvalue weighted by Crippen LogP contribution is -2.17. The number of rotatable bonds is 5. The van der Waals surface area contributed by atoms with Gasteiger partial charge >= 0.3 is 5.97 Å². The van der Waals surface area contributed by atoms with E-state index in [1.807, 2.05) is 30.3 Å². The summed E-state index contributed by atoms with van der Waals surface area (Å²) in [7, 11) is -1.48. The normalized spacial score (nSPS) is 12.4. The summed E-state index contributed by atoms with van der Waals surface area (Å²) in [5, 5.41) is 0. The van der Waals surface area contributed by atoms with Gasteiger partial charge in [0.2, 0.25) is 0 Å². The lowest BCUT2D eigenvalue weighted by atomic mass is 10.1. The highest BCUT2D eigenvalue weighted by Crippen LogP contribution is 2.17. The van der Waals surface area contributed by atoms with E-state index in [0.717, 1.165) is 5.56 Å². The lowest BCUT2D eigenvalue weighted by molar-refractivity contribution is -0.137. The number of ether oxygens (including phenoxy) is 2. The number of hydrogen-bond acceptors (Lipinski definition) is 3. The zero-order valence-corrected chi connectivity index (χ0v) is 14.1. The highest BCUT2D eigenvalue weighted by atomic mass is 28.3. The number of carbonyl (C=O) groups is 1. The smallest absolute Gasteiger partial charge is 0.333 e. The Labute approximate surface area is 128 Å². The predicted octanol–water partition coefficient (Wildman–Crippen LogP) is 3.70. The van der Waals surface area contributed by atoms with Gasteiger partial charge in [0.25, 0.3) is 0 Å². The Morgan fingerprint density at radius 3 is 2.52 bits per heavy atom. The molecule has 0 aliphatic rings. The van der Waals surface area contributed by atoms with Crippen LogP contribution in [0.2, 0.25) is 19.6 Å². The van der Waals surface area contributed by atoms with Crippen molar-refractivity contribution in [2.45, 2.75) is 32.7 Å².